The van der Waals surface area contributed by atoms with Crippen LogP contribution in [0.15, 0.2) is 53.4 Å². The number of fused-ring (bicyclic) bond motifs is 1. The number of rotatable bonds is 3. The number of para-hydroxylation sites is 1. The molecule has 2 aromatic carbocycles. The third kappa shape index (κ3) is 3.62. The van der Waals surface area contributed by atoms with Crippen LogP contribution in [0.1, 0.15) is 51.2 Å². The van der Waals surface area contributed by atoms with Gasteiger partial charge in [0.1, 0.15) is 0 Å². The first kappa shape index (κ1) is 20.2. The minimum atomic E-state index is -0.0479. The van der Waals surface area contributed by atoms with Gasteiger partial charge < -0.3 is 4.90 Å². The van der Waals surface area contributed by atoms with E-state index in [1.165, 1.54) is 23.0 Å². The van der Waals surface area contributed by atoms with Gasteiger partial charge in [0.25, 0.3) is 5.91 Å². The summed E-state index contributed by atoms with van der Waals surface area (Å²) < 4.78 is 0.581. The van der Waals surface area contributed by atoms with Gasteiger partial charge in [-0.25, -0.2) is 0 Å². The smallest absolute Gasteiger partial charge is 0.270 e. The average Bonchev–Trinajstić information content (AvgIpc) is 2.95. The molecule has 0 unspecified atom stereocenters. The summed E-state index contributed by atoms with van der Waals surface area (Å²) in [6, 6.07) is 16.2. The van der Waals surface area contributed by atoms with E-state index in [2.05, 4.69) is 50.8 Å². The van der Waals surface area contributed by atoms with Crippen LogP contribution in [0.5, 0.6) is 0 Å². The fourth-order valence-corrected chi connectivity index (χ4v) is 5.91. The number of benzene rings is 2. The number of hydrogen-bond donors (Lipinski definition) is 0. The lowest BCUT2D eigenvalue weighted by molar-refractivity contribution is -0.113. The highest BCUT2D eigenvalue weighted by Crippen LogP contribution is 2.44. The van der Waals surface area contributed by atoms with Crippen molar-refractivity contribution in [3.05, 3.63) is 64.6 Å². The zero-order valence-corrected chi connectivity index (χ0v) is 18.9. The van der Waals surface area contributed by atoms with E-state index >= 15 is 0 Å². The molecule has 4 rings (SSSR count). The minimum absolute atomic E-state index is 0.0479. The molecule has 5 heteroatoms. The van der Waals surface area contributed by atoms with Crippen molar-refractivity contribution in [2.75, 3.05) is 16.3 Å². The van der Waals surface area contributed by atoms with Crippen molar-refractivity contribution in [1.29, 1.82) is 0 Å². The number of anilines is 2. The van der Waals surface area contributed by atoms with Crippen molar-refractivity contribution < 1.29 is 4.79 Å². The maximum Gasteiger partial charge on any atom is 0.270 e. The van der Waals surface area contributed by atoms with Crippen LogP contribution in [-0.4, -0.2) is 22.3 Å². The van der Waals surface area contributed by atoms with Crippen molar-refractivity contribution in [2.24, 2.45) is 0 Å². The SMILES string of the molecule is CCN1c2ccc(/C=C3\SC(=S)N(c4ccccc4)C3=O)cc2[C@@H](C)CC1(C)C. The topological polar surface area (TPSA) is 23.6 Å². The Hall–Kier alpha value is -2.11. The standard InChI is InChI=1S/C24H26N2OS2/c1-5-25-20-12-11-17(13-19(20)16(2)15-24(25,3)4)14-21-22(27)26(23(28)29-21)18-9-7-6-8-10-18/h6-14,16H,5,15H2,1-4H3/b21-14-/t16-/m0/s1. The Morgan fingerprint density at radius 2 is 1.93 bits per heavy atom. The van der Waals surface area contributed by atoms with E-state index < -0.39 is 0 Å². The lowest BCUT2D eigenvalue weighted by Crippen LogP contribution is -2.48. The van der Waals surface area contributed by atoms with Gasteiger partial charge in [0.2, 0.25) is 0 Å². The van der Waals surface area contributed by atoms with Gasteiger partial charge in [-0.1, -0.05) is 55.2 Å². The van der Waals surface area contributed by atoms with E-state index in [1.807, 2.05) is 36.4 Å². The van der Waals surface area contributed by atoms with Gasteiger partial charge in [-0.15, -0.1) is 0 Å². The van der Waals surface area contributed by atoms with Gasteiger partial charge in [-0.05, 0) is 74.6 Å². The van der Waals surface area contributed by atoms with Crippen molar-refractivity contribution >= 4 is 51.7 Å². The summed E-state index contributed by atoms with van der Waals surface area (Å²) in [5.41, 5.74) is 4.70. The first-order chi connectivity index (χ1) is 13.8. The highest BCUT2D eigenvalue weighted by atomic mass is 32.2. The number of thiocarbonyl (C=S) groups is 1. The molecule has 0 N–H and O–H groups in total. The number of thioether (sulfide) groups is 1. The second-order valence-electron chi connectivity index (χ2n) is 8.33. The van der Waals surface area contributed by atoms with Gasteiger partial charge in [0, 0.05) is 17.8 Å². The van der Waals surface area contributed by atoms with Crippen LogP contribution < -0.4 is 9.80 Å². The van der Waals surface area contributed by atoms with Crippen LogP contribution in [0.2, 0.25) is 0 Å². The lowest BCUT2D eigenvalue weighted by Gasteiger charge is -2.47. The summed E-state index contributed by atoms with van der Waals surface area (Å²) in [6.07, 6.45) is 3.10. The molecule has 2 aliphatic rings. The Balaban J connectivity index is 1.67. The number of carbonyl (C=O) groups excluding carboxylic acids is 1. The first-order valence-corrected chi connectivity index (χ1v) is 11.3. The van der Waals surface area contributed by atoms with Gasteiger partial charge >= 0.3 is 0 Å². The molecule has 2 aliphatic heterocycles. The molecule has 1 amide bonds. The molecule has 3 nitrogen and oxygen atoms in total. The molecule has 2 aromatic rings. The monoisotopic (exact) mass is 422 g/mol. The molecule has 1 fully saturated rings. The summed E-state index contributed by atoms with van der Waals surface area (Å²) in [6.45, 7) is 10.1. The molecule has 29 heavy (non-hydrogen) atoms. The van der Waals surface area contributed by atoms with Crippen molar-refractivity contribution in [3.8, 4) is 0 Å². The maximum atomic E-state index is 13.0. The molecule has 1 saturated heterocycles. The molecule has 0 spiro atoms. The Kier molecular flexibility index (Phi) is 5.30. The quantitative estimate of drug-likeness (QED) is 0.434. The summed E-state index contributed by atoms with van der Waals surface area (Å²) in [7, 11) is 0. The van der Waals surface area contributed by atoms with Gasteiger partial charge in [0.05, 0.1) is 10.6 Å². The van der Waals surface area contributed by atoms with E-state index in [9.17, 15) is 4.79 Å². The predicted molar refractivity (Wildman–Crippen MR) is 129 cm³/mol. The van der Waals surface area contributed by atoms with E-state index in [0.29, 0.717) is 15.1 Å². The van der Waals surface area contributed by atoms with Crippen molar-refractivity contribution in [3.63, 3.8) is 0 Å². The molecule has 2 heterocycles. The summed E-state index contributed by atoms with van der Waals surface area (Å²) >= 11 is 6.86. The predicted octanol–water partition coefficient (Wildman–Crippen LogP) is 6.20. The van der Waals surface area contributed by atoms with E-state index in [-0.39, 0.29) is 11.4 Å². The molecule has 0 bridgehead atoms. The van der Waals surface area contributed by atoms with Crippen LogP contribution in [0.3, 0.4) is 0 Å². The molecular formula is C24H26N2OS2. The van der Waals surface area contributed by atoms with Crippen LogP contribution in [-0.2, 0) is 4.79 Å². The first-order valence-electron chi connectivity index (χ1n) is 10.1. The molecular weight excluding hydrogens is 396 g/mol. The van der Waals surface area contributed by atoms with E-state index in [0.717, 1.165) is 24.2 Å². The molecule has 0 aromatic heterocycles. The fourth-order valence-electron chi connectivity index (χ4n) is 4.62. The van der Waals surface area contributed by atoms with Gasteiger partial charge in [0.15, 0.2) is 4.32 Å². The van der Waals surface area contributed by atoms with E-state index in [1.54, 1.807) is 4.90 Å². The molecule has 0 aliphatic carbocycles. The Morgan fingerprint density at radius 1 is 1.21 bits per heavy atom. The molecule has 0 radical (unpaired) electrons. The average molecular weight is 423 g/mol. The molecule has 0 saturated carbocycles. The summed E-state index contributed by atoms with van der Waals surface area (Å²) in [5, 5.41) is 0. The van der Waals surface area contributed by atoms with Gasteiger partial charge in [-0.3, -0.25) is 9.69 Å². The lowest BCUT2D eigenvalue weighted by atomic mass is 9.79. The zero-order valence-electron chi connectivity index (χ0n) is 17.3. The number of amides is 1. The van der Waals surface area contributed by atoms with Crippen LogP contribution >= 0.6 is 24.0 Å². The Labute approximate surface area is 182 Å². The van der Waals surface area contributed by atoms with Crippen LogP contribution in [0.25, 0.3) is 6.08 Å². The largest absolute Gasteiger partial charge is 0.366 e. The third-order valence-electron chi connectivity index (χ3n) is 5.83. The normalized spacial score (nSPS) is 22.3. The highest BCUT2D eigenvalue weighted by Gasteiger charge is 2.36. The second-order valence-corrected chi connectivity index (χ2v) is 10.0. The summed E-state index contributed by atoms with van der Waals surface area (Å²) in [4.78, 5) is 17.8. The number of nitrogens with zero attached hydrogens (tertiary/aromatic N) is 2. The second kappa shape index (κ2) is 7.62. The van der Waals surface area contributed by atoms with Gasteiger partial charge in [-0.2, -0.15) is 0 Å². The zero-order chi connectivity index (χ0) is 20.8. The molecule has 150 valence electrons. The van der Waals surface area contributed by atoms with Crippen molar-refractivity contribution in [2.45, 2.75) is 45.6 Å². The Morgan fingerprint density at radius 3 is 2.62 bits per heavy atom. The fraction of sp³-hybridized carbons (Fsp3) is 0.333. The van der Waals surface area contributed by atoms with Crippen LogP contribution in [0, 0.1) is 0 Å². The maximum absolute atomic E-state index is 13.0. The third-order valence-corrected chi connectivity index (χ3v) is 7.13. The minimum Gasteiger partial charge on any atom is -0.366 e. The highest BCUT2D eigenvalue weighted by molar-refractivity contribution is 8.27. The number of carbonyl (C=O) groups is 1. The molecule has 1 atom stereocenters. The number of hydrogen-bond acceptors (Lipinski definition) is 4. The Bertz CT molecular complexity index is 997. The summed E-state index contributed by atoms with van der Waals surface area (Å²) in [5.74, 6) is 0.434. The van der Waals surface area contributed by atoms with Crippen molar-refractivity contribution in [1.82, 2.24) is 0 Å². The van der Waals surface area contributed by atoms with E-state index in [4.69, 9.17) is 12.2 Å². The van der Waals surface area contributed by atoms with Crippen LogP contribution in [0.4, 0.5) is 11.4 Å².